The number of aliphatic carboxylic acids is 1. The van der Waals surface area contributed by atoms with Gasteiger partial charge in [0.05, 0.1) is 18.9 Å². The van der Waals surface area contributed by atoms with Crippen LogP contribution in [0.15, 0.2) is 42.5 Å². The van der Waals surface area contributed by atoms with E-state index in [1.165, 1.54) is 12.1 Å². The monoisotopic (exact) mass is 433 g/mol. The van der Waals surface area contributed by atoms with E-state index in [4.69, 9.17) is 14.6 Å². The van der Waals surface area contributed by atoms with Gasteiger partial charge in [-0.1, -0.05) is 18.2 Å². The quantitative estimate of drug-likeness (QED) is 0.606. The third-order valence-corrected chi connectivity index (χ3v) is 5.33. The molecule has 6 nitrogen and oxygen atoms in total. The molecule has 0 unspecified atom stereocenters. The molecule has 1 amide bonds. The fourth-order valence-electron chi connectivity index (χ4n) is 3.77. The Bertz CT molecular complexity index is 892. The topological polar surface area (TPSA) is 84.9 Å². The summed E-state index contributed by atoms with van der Waals surface area (Å²) in [5.74, 6) is -1.82. The summed E-state index contributed by atoms with van der Waals surface area (Å²) < 4.78 is 37.7. The van der Waals surface area contributed by atoms with E-state index in [1.54, 1.807) is 24.3 Å². The van der Waals surface area contributed by atoms with Gasteiger partial charge < -0.3 is 14.6 Å². The normalized spacial score (nSPS) is 18.4. The van der Waals surface area contributed by atoms with Crippen LogP contribution in [-0.2, 0) is 14.3 Å². The molecule has 1 aliphatic rings. The lowest BCUT2D eigenvalue weighted by atomic mass is 9.83. The summed E-state index contributed by atoms with van der Waals surface area (Å²) in [6.45, 7) is 0.413. The van der Waals surface area contributed by atoms with Crippen LogP contribution < -0.4 is 5.32 Å². The first-order chi connectivity index (χ1) is 14.9. The van der Waals surface area contributed by atoms with Crippen molar-refractivity contribution in [2.75, 3.05) is 25.1 Å². The Balaban J connectivity index is 1.48. The summed E-state index contributed by atoms with van der Waals surface area (Å²) in [5, 5.41) is 11.3. The number of carboxylic acid groups (broad SMARTS) is 1. The lowest BCUT2D eigenvalue weighted by Crippen LogP contribution is -2.25. The molecular formula is C23H25F2NO5. The molecule has 0 heterocycles. The number of hydrogen-bond acceptors (Lipinski definition) is 4. The Morgan fingerprint density at radius 3 is 2.23 bits per heavy atom. The number of benzene rings is 2. The van der Waals surface area contributed by atoms with E-state index < -0.39 is 23.7 Å². The second-order valence-corrected chi connectivity index (χ2v) is 7.72. The Labute approximate surface area is 179 Å². The first-order valence-corrected chi connectivity index (χ1v) is 10.2. The van der Waals surface area contributed by atoms with Crippen LogP contribution in [0, 0.1) is 23.5 Å². The van der Waals surface area contributed by atoms with Crippen LogP contribution in [0.1, 0.15) is 25.7 Å². The standard InChI is InChI=1S/C23H25F2NO5/c24-18-9-17(10-19(25)11-18)20-3-1-2-4-21(20)26-23(29)31-13-16-7-5-15(6-8-16)12-30-14-22(27)28/h1-4,9-11,15-16H,5-8,12-14H2,(H,26,29)(H,27,28)/t15-,16-. The Morgan fingerprint density at radius 1 is 0.968 bits per heavy atom. The van der Waals surface area contributed by atoms with Gasteiger partial charge in [0, 0.05) is 11.6 Å². The third kappa shape index (κ3) is 7.03. The van der Waals surface area contributed by atoms with Crippen molar-refractivity contribution in [2.45, 2.75) is 25.7 Å². The predicted molar refractivity (Wildman–Crippen MR) is 111 cm³/mol. The zero-order valence-corrected chi connectivity index (χ0v) is 17.0. The molecule has 2 aromatic carbocycles. The minimum absolute atomic E-state index is 0.231. The van der Waals surface area contributed by atoms with Crippen LogP contribution in [0.2, 0.25) is 0 Å². The highest BCUT2D eigenvalue weighted by molar-refractivity contribution is 5.91. The second-order valence-electron chi connectivity index (χ2n) is 7.72. The van der Waals surface area contributed by atoms with Gasteiger partial charge in [-0.2, -0.15) is 0 Å². The zero-order valence-electron chi connectivity index (χ0n) is 17.0. The number of ether oxygens (including phenoxy) is 2. The fraction of sp³-hybridized carbons (Fsp3) is 0.391. The Hall–Kier alpha value is -3.00. The molecule has 0 atom stereocenters. The van der Waals surface area contributed by atoms with Gasteiger partial charge >= 0.3 is 12.1 Å². The third-order valence-electron chi connectivity index (χ3n) is 5.33. The number of rotatable bonds is 8. The van der Waals surface area contributed by atoms with Crippen molar-refractivity contribution >= 4 is 17.7 Å². The largest absolute Gasteiger partial charge is 0.480 e. The number of carboxylic acids is 1. The number of para-hydroxylation sites is 1. The average Bonchev–Trinajstić information content (AvgIpc) is 2.72. The molecule has 31 heavy (non-hydrogen) atoms. The van der Waals surface area contributed by atoms with Crippen molar-refractivity contribution in [3.8, 4) is 11.1 Å². The van der Waals surface area contributed by atoms with Gasteiger partial charge in [-0.3, -0.25) is 5.32 Å². The summed E-state index contributed by atoms with van der Waals surface area (Å²) in [4.78, 5) is 22.8. The van der Waals surface area contributed by atoms with E-state index >= 15 is 0 Å². The average molecular weight is 433 g/mol. The second kappa shape index (κ2) is 10.9. The molecule has 3 rings (SSSR count). The number of amides is 1. The molecule has 1 aliphatic carbocycles. The van der Waals surface area contributed by atoms with Crippen LogP contribution in [0.4, 0.5) is 19.3 Å². The Morgan fingerprint density at radius 2 is 1.58 bits per heavy atom. The molecule has 0 aromatic heterocycles. The number of carbonyl (C=O) groups excluding carboxylic acids is 1. The summed E-state index contributed by atoms with van der Waals surface area (Å²) in [6.07, 6.45) is 2.89. The van der Waals surface area contributed by atoms with Gasteiger partial charge in [0.25, 0.3) is 0 Å². The molecule has 2 aromatic rings. The smallest absolute Gasteiger partial charge is 0.411 e. The van der Waals surface area contributed by atoms with E-state index in [0.717, 1.165) is 31.7 Å². The maximum Gasteiger partial charge on any atom is 0.411 e. The summed E-state index contributed by atoms with van der Waals surface area (Å²) in [5.41, 5.74) is 1.20. The number of carbonyl (C=O) groups is 2. The van der Waals surface area contributed by atoms with Gasteiger partial charge in [0.15, 0.2) is 0 Å². The van der Waals surface area contributed by atoms with E-state index in [2.05, 4.69) is 5.32 Å². The van der Waals surface area contributed by atoms with Crippen molar-refractivity contribution < 1.29 is 33.0 Å². The minimum Gasteiger partial charge on any atom is -0.480 e. The lowest BCUT2D eigenvalue weighted by molar-refractivity contribution is -0.142. The SMILES string of the molecule is O=C(O)COC[C@H]1CC[C@H](COC(=O)Nc2ccccc2-c2cc(F)cc(F)c2)CC1. The summed E-state index contributed by atoms with van der Waals surface area (Å²) >= 11 is 0. The molecule has 8 heteroatoms. The molecule has 1 saturated carbocycles. The van der Waals surface area contributed by atoms with Crippen LogP contribution in [-0.4, -0.2) is 37.0 Å². The van der Waals surface area contributed by atoms with Gasteiger partial charge in [-0.25, -0.2) is 18.4 Å². The number of hydrogen-bond donors (Lipinski definition) is 2. The molecule has 0 aliphatic heterocycles. The number of halogens is 2. The maximum absolute atomic E-state index is 13.6. The van der Waals surface area contributed by atoms with E-state index in [0.29, 0.717) is 29.3 Å². The maximum atomic E-state index is 13.6. The van der Waals surface area contributed by atoms with Crippen molar-refractivity contribution in [1.82, 2.24) is 0 Å². The van der Waals surface area contributed by atoms with Crippen molar-refractivity contribution in [2.24, 2.45) is 11.8 Å². The summed E-state index contributed by atoms with van der Waals surface area (Å²) in [6, 6.07) is 9.93. The zero-order chi connectivity index (χ0) is 22.2. The van der Waals surface area contributed by atoms with E-state index in [-0.39, 0.29) is 19.1 Å². The van der Waals surface area contributed by atoms with Gasteiger partial charge in [-0.15, -0.1) is 0 Å². The molecule has 0 spiro atoms. The molecule has 0 radical (unpaired) electrons. The molecule has 2 N–H and O–H groups in total. The van der Waals surface area contributed by atoms with Crippen LogP contribution in [0.25, 0.3) is 11.1 Å². The van der Waals surface area contributed by atoms with Crippen LogP contribution in [0.5, 0.6) is 0 Å². The van der Waals surface area contributed by atoms with E-state index in [1.807, 2.05) is 0 Å². The van der Waals surface area contributed by atoms with Gasteiger partial charge in [0.2, 0.25) is 0 Å². The lowest BCUT2D eigenvalue weighted by Gasteiger charge is -2.27. The highest BCUT2D eigenvalue weighted by Gasteiger charge is 2.23. The number of nitrogens with one attached hydrogen (secondary N) is 1. The van der Waals surface area contributed by atoms with E-state index in [9.17, 15) is 18.4 Å². The molecular weight excluding hydrogens is 408 g/mol. The number of anilines is 1. The first kappa shape index (κ1) is 22.7. The molecule has 166 valence electrons. The van der Waals surface area contributed by atoms with Crippen molar-refractivity contribution in [3.05, 3.63) is 54.1 Å². The predicted octanol–water partition coefficient (Wildman–Crippen LogP) is 5.09. The van der Waals surface area contributed by atoms with Gasteiger partial charge in [0.1, 0.15) is 18.2 Å². The molecule has 0 saturated heterocycles. The van der Waals surface area contributed by atoms with Crippen molar-refractivity contribution in [3.63, 3.8) is 0 Å². The first-order valence-electron chi connectivity index (χ1n) is 10.2. The highest BCUT2D eigenvalue weighted by Crippen LogP contribution is 2.31. The fourth-order valence-corrected chi connectivity index (χ4v) is 3.77. The summed E-state index contributed by atoms with van der Waals surface area (Å²) in [7, 11) is 0. The van der Waals surface area contributed by atoms with Crippen LogP contribution >= 0.6 is 0 Å². The van der Waals surface area contributed by atoms with Gasteiger partial charge in [-0.05, 0) is 61.3 Å². The Kier molecular flexibility index (Phi) is 7.94. The van der Waals surface area contributed by atoms with Crippen LogP contribution in [0.3, 0.4) is 0 Å². The molecule has 1 fully saturated rings. The minimum atomic E-state index is -0.975. The highest BCUT2D eigenvalue weighted by atomic mass is 19.1. The van der Waals surface area contributed by atoms with Crippen molar-refractivity contribution in [1.29, 1.82) is 0 Å². The molecule has 0 bridgehead atoms.